The van der Waals surface area contributed by atoms with Crippen molar-refractivity contribution in [2.24, 2.45) is 0 Å². The third-order valence-electron chi connectivity index (χ3n) is 4.53. The molecule has 0 bridgehead atoms. The summed E-state index contributed by atoms with van der Waals surface area (Å²) in [6.45, 7) is 4.12. The summed E-state index contributed by atoms with van der Waals surface area (Å²) in [5.74, 6) is -0.225. The summed E-state index contributed by atoms with van der Waals surface area (Å²) in [5.41, 5.74) is 2.53. The monoisotopic (exact) mass is 382 g/mol. The van der Waals surface area contributed by atoms with Crippen LogP contribution in [-0.2, 0) is 10.0 Å². The van der Waals surface area contributed by atoms with Crippen LogP contribution in [0.3, 0.4) is 0 Å². The highest BCUT2D eigenvalue weighted by molar-refractivity contribution is 7.89. The lowest BCUT2D eigenvalue weighted by Crippen LogP contribution is -2.34. The highest BCUT2D eigenvalue weighted by Crippen LogP contribution is 2.18. The number of aryl methyl sites for hydroxylation is 2. The third kappa shape index (κ3) is 4.35. The fourth-order valence-corrected chi connectivity index (χ4v) is 3.96. The minimum absolute atomic E-state index is 0.117. The summed E-state index contributed by atoms with van der Waals surface area (Å²) in [6.07, 6.45) is 0. The number of amides is 1. The van der Waals surface area contributed by atoms with Crippen LogP contribution in [-0.4, -0.2) is 27.4 Å². The second kappa shape index (κ2) is 7.90. The number of rotatable bonds is 6. The molecule has 6 heteroatoms. The van der Waals surface area contributed by atoms with Gasteiger partial charge in [-0.2, -0.15) is 0 Å². The second-order valence-electron chi connectivity index (χ2n) is 6.43. The predicted molar refractivity (Wildman–Crippen MR) is 107 cm³/mol. The summed E-state index contributed by atoms with van der Waals surface area (Å²) >= 11 is 0. The fraction of sp³-hybridized carbons (Fsp3) is 0.190. The van der Waals surface area contributed by atoms with E-state index in [-0.39, 0.29) is 23.9 Å². The number of carbonyl (C=O) groups excluding carboxylic acids is 1. The average Bonchev–Trinajstić information content (AvgIpc) is 2.66. The van der Waals surface area contributed by atoms with Crippen molar-refractivity contribution in [3.05, 3.63) is 77.4 Å². The maximum Gasteiger partial charge on any atom is 0.251 e. The molecular formula is C21H22N2O3S. The van der Waals surface area contributed by atoms with Gasteiger partial charge in [0.25, 0.3) is 5.91 Å². The SMILES string of the molecule is Cc1ccc(S(=O)(=O)NCCNC(=O)c2cccc3ccccc23)cc1C. The molecule has 0 radical (unpaired) electrons. The molecule has 0 fully saturated rings. The van der Waals surface area contributed by atoms with Gasteiger partial charge in [0.05, 0.1) is 4.90 Å². The minimum Gasteiger partial charge on any atom is -0.351 e. The number of sulfonamides is 1. The van der Waals surface area contributed by atoms with Crippen LogP contribution in [0.4, 0.5) is 0 Å². The third-order valence-corrected chi connectivity index (χ3v) is 5.98. The van der Waals surface area contributed by atoms with Crippen LogP contribution in [0.2, 0.25) is 0 Å². The van der Waals surface area contributed by atoms with Gasteiger partial charge in [-0.3, -0.25) is 4.79 Å². The highest BCUT2D eigenvalue weighted by Gasteiger charge is 2.14. The molecule has 0 saturated heterocycles. The lowest BCUT2D eigenvalue weighted by atomic mass is 10.0. The zero-order chi connectivity index (χ0) is 19.4. The molecule has 0 heterocycles. The normalized spacial score (nSPS) is 11.5. The van der Waals surface area contributed by atoms with E-state index in [4.69, 9.17) is 0 Å². The first-order valence-corrected chi connectivity index (χ1v) is 10.2. The standard InChI is InChI=1S/C21H22N2O3S/c1-15-10-11-18(14-16(15)2)27(25,26)23-13-12-22-21(24)20-9-5-7-17-6-3-4-8-19(17)20/h3-11,14,23H,12-13H2,1-2H3,(H,22,24). The number of fused-ring (bicyclic) bond motifs is 1. The van der Waals surface area contributed by atoms with E-state index in [1.165, 1.54) is 0 Å². The van der Waals surface area contributed by atoms with Gasteiger partial charge in [0.1, 0.15) is 0 Å². The van der Waals surface area contributed by atoms with E-state index in [1.54, 1.807) is 24.3 Å². The van der Waals surface area contributed by atoms with Crippen LogP contribution >= 0.6 is 0 Å². The first kappa shape index (κ1) is 19.1. The van der Waals surface area contributed by atoms with E-state index in [1.807, 2.05) is 50.2 Å². The number of carbonyl (C=O) groups is 1. The van der Waals surface area contributed by atoms with Gasteiger partial charge in [-0.05, 0) is 53.9 Å². The zero-order valence-corrected chi connectivity index (χ0v) is 16.1. The first-order chi connectivity index (χ1) is 12.9. The molecule has 3 aromatic rings. The molecule has 27 heavy (non-hydrogen) atoms. The average molecular weight is 382 g/mol. The number of hydrogen-bond acceptors (Lipinski definition) is 3. The van der Waals surface area contributed by atoms with E-state index in [0.29, 0.717) is 5.56 Å². The molecule has 0 atom stereocenters. The Balaban J connectivity index is 1.61. The van der Waals surface area contributed by atoms with Gasteiger partial charge in [0, 0.05) is 18.7 Å². The van der Waals surface area contributed by atoms with E-state index in [2.05, 4.69) is 10.0 Å². The summed E-state index contributed by atoms with van der Waals surface area (Å²) < 4.78 is 27.2. The first-order valence-electron chi connectivity index (χ1n) is 8.71. The van der Waals surface area contributed by atoms with Gasteiger partial charge in [0.15, 0.2) is 0 Å². The van der Waals surface area contributed by atoms with E-state index in [0.717, 1.165) is 21.9 Å². The Kier molecular flexibility index (Phi) is 5.58. The lowest BCUT2D eigenvalue weighted by Gasteiger charge is -2.10. The second-order valence-corrected chi connectivity index (χ2v) is 8.19. The highest BCUT2D eigenvalue weighted by atomic mass is 32.2. The Morgan fingerprint density at radius 1 is 0.889 bits per heavy atom. The fourth-order valence-electron chi connectivity index (χ4n) is 2.84. The summed E-state index contributed by atoms with van der Waals surface area (Å²) in [6, 6.07) is 18.2. The van der Waals surface area contributed by atoms with Crippen LogP contribution in [0, 0.1) is 13.8 Å². The van der Waals surface area contributed by atoms with Gasteiger partial charge in [-0.1, -0.05) is 42.5 Å². The van der Waals surface area contributed by atoms with Crippen LogP contribution in [0.25, 0.3) is 10.8 Å². The Bertz CT molecular complexity index is 1090. The molecule has 0 spiro atoms. The van der Waals surface area contributed by atoms with Crippen LogP contribution < -0.4 is 10.0 Å². The Labute approximate surface area is 159 Å². The Morgan fingerprint density at radius 3 is 2.41 bits per heavy atom. The minimum atomic E-state index is -3.60. The topological polar surface area (TPSA) is 75.3 Å². The zero-order valence-electron chi connectivity index (χ0n) is 15.3. The predicted octanol–water partition coefficient (Wildman–Crippen LogP) is 3.16. The van der Waals surface area contributed by atoms with Crippen LogP contribution in [0.5, 0.6) is 0 Å². The van der Waals surface area contributed by atoms with Crippen molar-refractivity contribution in [2.75, 3.05) is 13.1 Å². The quantitative estimate of drug-likeness (QED) is 0.643. The molecule has 0 aliphatic heterocycles. The molecular weight excluding hydrogens is 360 g/mol. The molecule has 0 aliphatic carbocycles. The van der Waals surface area contributed by atoms with E-state index < -0.39 is 10.0 Å². The molecule has 0 aliphatic rings. The van der Waals surface area contributed by atoms with Crippen molar-refractivity contribution in [1.82, 2.24) is 10.0 Å². The van der Waals surface area contributed by atoms with Crippen molar-refractivity contribution in [2.45, 2.75) is 18.7 Å². The molecule has 0 saturated carbocycles. The largest absolute Gasteiger partial charge is 0.351 e. The lowest BCUT2D eigenvalue weighted by molar-refractivity contribution is 0.0956. The molecule has 2 N–H and O–H groups in total. The van der Waals surface area contributed by atoms with Crippen molar-refractivity contribution < 1.29 is 13.2 Å². The molecule has 0 aromatic heterocycles. The van der Waals surface area contributed by atoms with Gasteiger partial charge >= 0.3 is 0 Å². The number of hydrogen-bond donors (Lipinski definition) is 2. The summed E-state index contributed by atoms with van der Waals surface area (Å²) in [7, 11) is -3.60. The van der Waals surface area contributed by atoms with Gasteiger partial charge in [-0.15, -0.1) is 0 Å². The van der Waals surface area contributed by atoms with E-state index in [9.17, 15) is 13.2 Å². The summed E-state index contributed by atoms with van der Waals surface area (Å²) in [5, 5.41) is 4.63. The summed E-state index contributed by atoms with van der Waals surface area (Å²) in [4.78, 5) is 12.7. The van der Waals surface area contributed by atoms with Crippen LogP contribution in [0.1, 0.15) is 21.5 Å². The molecule has 3 aromatic carbocycles. The van der Waals surface area contributed by atoms with Crippen molar-refractivity contribution >= 4 is 26.7 Å². The van der Waals surface area contributed by atoms with Crippen molar-refractivity contribution in [1.29, 1.82) is 0 Å². The number of benzene rings is 3. The Morgan fingerprint density at radius 2 is 1.63 bits per heavy atom. The maximum absolute atomic E-state index is 12.4. The van der Waals surface area contributed by atoms with Gasteiger partial charge in [-0.25, -0.2) is 13.1 Å². The molecule has 5 nitrogen and oxygen atoms in total. The molecule has 3 rings (SSSR count). The maximum atomic E-state index is 12.4. The van der Waals surface area contributed by atoms with Crippen molar-refractivity contribution in [3.63, 3.8) is 0 Å². The molecule has 140 valence electrons. The van der Waals surface area contributed by atoms with Gasteiger partial charge < -0.3 is 5.32 Å². The smallest absolute Gasteiger partial charge is 0.251 e. The van der Waals surface area contributed by atoms with Gasteiger partial charge in [0.2, 0.25) is 10.0 Å². The van der Waals surface area contributed by atoms with Crippen LogP contribution in [0.15, 0.2) is 65.6 Å². The Hall–Kier alpha value is -2.70. The molecule has 0 unspecified atom stereocenters. The number of nitrogens with one attached hydrogen (secondary N) is 2. The molecule has 1 amide bonds. The van der Waals surface area contributed by atoms with Crippen molar-refractivity contribution in [3.8, 4) is 0 Å². The van der Waals surface area contributed by atoms with E-state index >= 15 is 0 Å².